The smallest absolute Gasteiger partial charge is 0.357 e. The van der Waals surface area contributed by atoms with E-state index >= 15 is 0 Å². The number of ether oxygens (including phenoxy) is 1. The molecule has 0 saturated heterocycles. The Balaban J connectivity index is 1.60. The second-order valence-corrected chi connectivity index (χ2v) is 6.01. The first-order valence-corrected chi connectivity index (χ1v) is 8.46. The molecule has 142 valence electrons. The number of hydrogen-bond donors (Lipinski definition) is 3. The predicted molar refractivity (Wildman–Crippen MR) is 102 cm³/mol. The van der Waals surface area contributed by atoms with E-state index in [1.54, 1.807) is 6.07 Å². The third kappa shape index (κ3) is 4.42. The summed E-state index contributed by atoms with van der Waals surface area (Å²) in [5, 5.41) is 9.30. The minimum Gasteiger partial charge on any atom is -0.448 e. The molecule has 0 unspecified atom stereocenters. The van der Waals surface area contributed by atoms with Gasteiger partial charge in [-0.1, -0.05) is 30.3 Å². The zero-order valence-corrected chi connectivity index (χ0v) is 15.0. The predicted octanol–water partition coefficient (Wildman–Crippen LogP) is 2.36. The van der Waals surface area contributed by atoms with Crippen LogP contribution in [-0.2, 0) is 9.53 Å². The number of primary amides is 1. The number of nitrogens with one attached hydrogen (secondary N) is 2. The Kier molecular flexibility index (Phi) is 5.50. The highest BCUT2D eigenvalue weighted by molar-refractivity contribution is 5.98. The van der Waals surface area contributed by atoms with Crippen molar-refractivity contribution in [3.8, 4) is 11.3 Å². The number of nitrogens with zero attached hydrogens (tertiary/aromatic N) is 1. The Bertz CT molecular complexity index is 997. The summed E-state index contributed by atoms with van der Waals surface area (Å²) in [6.45, 7) is 1.46. The van der Waals surface area contributed by atoms with E-state index in [4.69, 9.17) is 10.5 Å². The molecule has 0 bridgehead atoms. The van der Waals surface area contributed by atoms with Gasteiger partial charge in [-0.15, -0.1) is 0 Å². The molecule has 2 amide bonds. The van der Waals surface area contributed by atoms with Gasteiger partial charge in [-0.05, 0) is 37.3 Å². The van der Waals surface area contributed by atoms with E-state index in [1.807, 2.05) is 30.3 Å². The van der Waals surface area contributed by atoms with E-state index in [-0.39, 0.29) is 5.69 Å². The summed E-state index contributed by atoms with van der Waals surface area (Å²) in [6, 6.07) is 17.0. The largest absolute Gasteiger partial charge is 0.448 e. The first kappa shape index (κ1) is 18.8. The van der Waals surface area contributed by atoms with E-state index in [0.29, 0.717) is 16.9 Å². The molecular weight excluding hydrogens is 360 g/mol. The summed E-state index contributed by atoms with van der Waals surface area (Å²) in [5.74, 6) is -1.76. The number of carbonyl (C=O) groups is 3. The van der Waals surface area contributed by atoms with Gasteiger partial charge in [0.1, 0.15) is 5.69 Å². The van der Waals surface area contributed by atoms with Crippen molar-refractivity contribution < 1.29 is 19.1 Å². The average molecular weight is 378 g/mol. The molecule has 0 fully saturated rings. The van der Waals surface area contributed by atoms with Gasteiger partial charge in [-0.2, -0.15) is 5.10 Å². The number of amides is 2. The normalized spacial score (nSPS) is 11.5. The second-order valence-electron chi connectivity index (χ2n) is 6.01. The molecule has 1 aromatic heterocycles. The van der Waals surface area contributed by atoms with Crippen LogP contribution >= 0.6 is 0 Å². The molecule has 28 heavy (non-hydrogen) atoms. The summed E-state index contributed by atoms with van der Waals surface area (Å²) in [4.78, 5) is 35.5. The highest BCUT2D eigenvalue weighted by atomic mass is 16.5. The number of carbonyl (C=O) groups excluding carboxylic acids is 3. The van der Waals surface area contributed by atoms with Gasteiger partial charge in [-0.25, -0.2) is 4.79 Å². The minimum atomic E-state index is -1.04. The molecule has 2 aromatic carbocycles. The molecule has 3 rings (SSSR count). The first-order valence-electron chi connectivity index (χ1n) is 8.46. The summed E-state index contributed by atoms with van der Waals surface area (Å²) in [6.07, 6.45) is -1.04. The summed E-state index contributed by atoms with van der Waals surface area (Å²) in [7, 11) is 0. The van der Waals surface area contributed by atoms with Gasteiger partial charge in [0.25, 0.3) is 5.91 Å². The number of hydrogen-bond acceptors (Lipinski definition) is 5. The molecule has 0 aliphatic heterocycles. The highest BCUT2D eigenvalue weighted by Crippen LogP contribution is 2.17. The fourth-order valence-corrected chi connectivity index (χ4v) is 2.42. The Hall–Kier alpha value is -3.94. The third-order valence-electron chi connectivity index (χ3n) is 3.96. The van der Waals surface area contributed by atoms with E-state index in [1.165, 1.54) is 31.2 Å². The number of benzene rings is 2. The average Bonchev–Trinajstić information content (AvgIpc) is 3.19. The maximum atomic E-state index is 12.3. The Labute approximate surface area is 160 Å². The minimum absolute atomic E-state index is 0.143. The lowest BCUT2D eigenvalue weighted by molar-refractivity contribution is -0.123. The van der Waals surface area contributed by atoms with Crippen LogP contribution in [0.4, 0.5) is 5.69 Å². The van der Waals surface area contributed by atoms with Crippen molar-refractivity contribution in [1.82, 2.24) is 10.2 Å². The molecule has 8 heteroatoms. The maximum absolute atomic E-state index is 12.3. The number of H-pyrrole nitrogens is 1. The number of nitrogens with two attached hydrogens (primary N) is 1. The lowest BCUT2D eigenvalue weighted by Gasteiger charge is -2.13. The van der Waals surface area contributed by atoms with Crippen LogP contribution in [0, 0.1) is 0 Å². The molecule has 3 aromatic rings. The molecule has 1 atom stereocenters. The van der Waals surface area contributed by atoms with Gasteiger partial charge < -0.3 is 15.8 Å². The van der Waals surface area contributed by atoms with E-state index < -0.39 is 23.9 Å². The SMILES string of the molecule is C[C@H](OC(=O)c1cc(-c2ccccc2)n[nH]1)C(=O)Nc1ccc(C(N)=O)cc1. The van der Waals surface area contributed by atoms with Gasteiger partial charge in [0.05, 0.1) is 5.69 Å². The van der Waals surface area contributed by atoms with Crippen LogP contribution in [0.3, 0.4) is 0 Å². The van der Waals surface area contributed by atoms with Crippen LogP contribution in [0.25, 0.3) is 11.3 Å². The van der Waals surface area contributed by atoms with Crippen LogP contribution < -0.4 is 11.1 Å². The second kappa shape index (κ2) is 8.17. The van der Waals surface area contributed by atoms with Gasteiger partial charge in [0.2, 0.25) is 5.91 Å². The molecule has 0 aliphatic carbocycles. The maximum Gasteiger partial charge on any atom is 0.357 e. The van der Waals surface area contributed by atoms with Gasteiger partial charge in [0, 0.05) is 16.8 Å². The first-order chi connectivity index (χ1) is 13.4. The number of esters is 1. The van der Waals surface area contributed by atoms with Crippen LogP contribution in [-0.4, -0.2) is 34.1 Å². The van der Waals surface area contributed by atoms with Crippen molar-refractivity contribution in [2.75, 3.05) is 5.32 Å². The van der Waals surface area contributed by atoms with E-state index in [9.17, 15) is 14.4 Å². The molecule has 0 saturated carbocycles. The molecule has 0 spiro atoms. The van der Waals surface area contributed by atoms with E-state index in [0.717, 1.165) is 5.56 Å². The topological polar surface area (TPSA) is 127 Å². The number of aromatic amines is 1. The molecular formula is C20H18N4O4. The van der Waals surface area contributed by atoms with Crippen LogP contribution in [0.15, 0.2) is 60.7 Å². The standard InChI is InChI=1S/C20H18N4O4/c1-12(19(26)22-15-9-7-14(8-10-15)18(21)25)28-20(27)17-11-16(23-24-17)13-5-3-2-4-6-13/h2-12H,1H3,(H2,21,25)(H,22,26)(H,23,24)/t12-/m0/s1. The fraction of sp³-hybridized carbons (Fsp3) is 0.100. The Morgan fingerprint density at radius 2 is 1.75 bits per heavy atom. The van der Waals surface area contributed by atoms with Crippen molar-refractivity contribution in [2.24, 2.45) is 5.73 Å². The summed E-state index contributed by atoms with van der Waals surface area (Å²) >= 11 is 0. The fourth-order valence-electron chi connectivity index (χ4n) is 2.42. The number of rotatable bonds is 6. The highest BCUT2D eigenvalue weighted by Gasteiger charge is 2.21. The van der Waals surface area contributed by atoms with Crippen molar-refractivity contribution in [1.29, 1.82) is 0 Å². The molecule has 8 nitrogen and oxygen atoms in total. The van der Waals surface area contributed by atoms with Crippen molar-refractivity contribution in [3.63, 3.8) is 0 Å². The molecule has 0 aliphatic rings. The lowest BCUT2D eigenvalue weighted by atomic mass is 10.1. The van der Waals surface area contributed by atoms with Crippen LogP contribution in [0.5, 0.6) is 0 Å². The summed E-state index contributed by atoms with van der Waals surface area (Å²) in [5.41, 5.74) is 7.53. The van der Waals surface area contributed by atoms with E-state index in [2.05, 4.69) is 15.5 Å². The molecule has 4 N–H and O–H groups in total. The molecule has 0 radical (unpaired) electrons. The van der Waals surface area contributed by atoms with Crippen molar-refractivity contribution in [3.05, 3.63) is 71.9 Å². The quantitative estimate of drug-likeness (QED) is 0.568. The third-order valence-corrected chi connectivity index (χ3v) is 3.96. The van der Waals surface area contributed by atoms with Crippen molar-refractivity contribution >= 4 is 23.5 Å². The van der Waals surface area contributed by atoms with Crippen molar-refractivity contribution in [2.45, 2.75) is 13.0 Å². The molecule has 1 heterocycles. The Morgan fingerprint density at radius 1 is 1.07 bits per heavy atom. The van der Waals surface area contributed by atoms with Crippen LogP contribution in [0.1, 0.15) is 27.8 Å². The van der Waals surface area contributed by atoms with Gasteiger partial charge in [0.15, 0.2) is 6.10 Å². The number of aromatic nitrogens is 2. The number of anilines is 1. The van der Waals surface area contributed by atoms with Crippen LogP contribution in [0.2, 0.25) is 0 Å². The Morgan fingerprint density at radius 3 is 2.39 bits per heavy atom. The lowest BCUT2D eigenvalue weighted by Crippen LogP contribution is -2.30. The van der Waals surface area contributed by atoms with Gasteiger partial charge >= 0.3 is 5.97 Å². The summed E-state index contributed by atoms with van der Waals surface area (Å²) < 4.78 is 5.19. The zero-order chi connectivity index (χ0) is 20.1. The van der Waals surface area contributed by atoms with Gasteiger partial charge in [-0.3, -0.25) is 14.7 Å². The monoisotopic (exact) mass is 378 g/mol. The zero-order valence-electron chi connectivity index (χ0n) is 15.0.